The first-order valence-electron chi connectivity index (χ1n) is 5.06. The van der Waals surface area contributed by atoms with Gasteiger partial charge in [-0.05, 0) is 34.1 Å². The Kier molecular flexibility index (Phi) is 3.66. The van der Waals surface area contributed by atoms with E-state index in [1.165, 1.54) is 16.7 Å². The van der Waals surface area contributed by atoms with Crippen molar-refractivity contribution in [2.24, 2.45) is 0 Å². The number of hydrogen-bond donors (Lipinski definition) is 0. The van der Waals surface area contributed by atoms with Crippen LogP contribution in [-0.4, -0.2) is 21.6 Å². The van der Waals surface area contributed by atoms with Crippen LogP contribution in [0.4, 0.5) is 4.39 Å². The van der Waals surface area contributed by atoms with E-state index in [9.17, 15) is 14.0 Å². The van der Waals surface area contributed by atoms with Crippen LogP contribution in [0, 0.1) is 5.82 Å². The smallest absolute Gasteiger partial charge is 0.200 e. The van der Waals surface area contributed by atoms with Gasteiger partial charge in [0.15, 0.2) is 6.29 Å². The zero-order valence-electron chi connectivity index (χ0n) is 9.14. The van der Waals surface area contributed by atoms with Gasteiger partial charge in [-0.1, -0.05) is 0 Å². The number of nitrogens with zero attached hydrogens (tertiary/aromatic N) is 2. The van der Waals surface area contributed by atoms with Crippen molar-refractivity contribution in [3.63, 3.8) is 0 Å². The van der Waals surface area contributed by atoms with Gasteiger partial charge in [0, 0.05) is 10.7 Å². The normalized spacial score (nSPS) is 10.3. The Morgan fingerprint density at radius 3 is 2.89 bits per heavy atom. The van der Waals surface area contributed by atoms with Crippen molar-refractivity contribution in [3.8, 4) is 0 Å². The predicted molar refractivity (Wildman–Crippen MR) is 66.0 cm³/mol. The van der Waals surface area contributed by atoms with Gasteiger partial charge in [0.05, 0.1) is 18.4 Å². The number of hydrogen-bond acceptors (Lipinski definition) is 3. The van der Waals surface area contributed by atoms with Gasteiger partial charge in [-0.3, -0.25) is 14.6 Å². The maximum atomic E-state index is 12.7. The van der Waals surface area contributed by atoms with Crippen molar-refractivity contribution in [3.05, 3.63) is 52.3 Å². The lowest BCUT2D eigenvalue weighted by molar-refractivity contribution is 0.0966. The van der Waals surface area contributed by atoms with Crippen LogP contribution in [0.1, 0.15) is 21.0 Å². The average molecular weight is 311 g/mol. The molecule has 0 fully saturated rings. The maximum absolute atomic E-state index is 12.7. The lowest BCUT2D eigenvalue weighted by Crippen LogP contribution is -2.13. The first-order valence-corrected chi connectivity index (χ1v) is 5.85. The Morgan fingerprint density at radius 1 is 1.50 bits per heavy atom. The second-order valence-corrected chi connectivity index (χ2v) is 4.53. The highest BCUT2D eigenvalue weighted by molar-refractivity contribution is 9.10. The Hall–Kier alpha value is -1.82. The molecule has 0 radical (unpaired) electrons. The van der Waals surface area contributed by atoms with E-state index in [0.717, 1.165) is 6.20 Å². The molecule has 6 heteroatoms. The highest BCUT2D eigenvalue weighted by atomic mass is 79.9. The van der Waals surface area contributed by atoms with Crippen LogP contribution in [0.2, 0.25) is 0 Å². The van der Waals surface area contributed by atoms with Gasteiger partial charge >= 0.3 is 0 Å². The number of ketones is 1. The number of carbonyl (C=O) groups excluding carboxylic acids is 2. The Bertz CT molecular complexity index is 593. The molecule has 0 spiro atoms. The van der Waals surface area contributed by atoms with Crippen LogP contribution in [0.3, 0.4) is 0 Å². The van der Waals surface area contributed by atoms with Crippen LogP contribution < -0.4 is 0 Å². The van der Waals surface area contributed by atoms with Gasteiger partial charge < -0.3 is 4.57 Å². The van der Waals surface area contributed by atoms with Crippen LogP contribution >= 0.6 is 15.9 Å². The van der Waals surface area contributed by atoms with Crippen molar-refractivity contribution in [2.45, 2.75) is 6.54 Å². The van der Waals surface area contributed by atoms with E-state index < -0.39 is 5.82 Å². The Labute approximate surface area is 111 Å². The molecule has 0 amide bonds. The Balaban J connectivity index is 2.20. The van der Waals surface area contributed by atoms with E-state index in [4.69, 9.17) is 0 Å². The zero-order valence-corrected chi connectivity index (χ0v) is 10.7. The third kappa shape index (κ3) is 2.70. The van der Waals surface area contributed by atoms with E-state index >= 15 is 0 Å². The van der Waals surface area contributed by atoms with E-state index in [0.29, 0.717) is 16.5 Å². The summed E-state index contributed by atoms with van der Waals surface area (Å²) >= 11 is 3.22. The summed E-state index contributed by atoms with van der Waals surface area (Å²) in [5, 5.41) is 0. The quantitative estimate of drug-likeness (QED) is 0.644. The lowest BCUT2D eigenvalue weighted by Gasteiger charge is -2.03. The molecule has 4 nitrogen and oxygen atoms in total. The minimum atomic E-state index is -0.496. The summed E-state index contributed by atoms with van der Waals surface area (Å²) in [6.45, 7) is -0.0156. The van der Waals surface area contributed by atoms with Crippen molar-refractivity contribution < 1.29 is 14.0 Å². The molecule has 0 aliphatic rings. The molecular formula is C12H8BrFN2O2. The van der Waals surface area contributed by atoms with Gasteiger partial charge in [-0.2, -0.15) is 0 Å². The van der Waals surface area contributed by atoms with Gasteiger partial charge in [-0.25, -0.2) is 4.39 Å². The van der Waals surface area contributed by atoms with Gasteiger partial charge in [0.2, 0.25) is 5.78 Å². The Morgan fingerprint density at radius 2 is 2.28 bits per heavy atom. The summed E-state index contributed by atoms with van der Waals surface area (Å²) in [6, 6.07) is 4.10. The molecule has 18 heavy (non-hydrogen) atoms. The largest absolute Gasteiger partial charge is 0.336 e. The molecule has 2 rings (SSSR count). The summed E-state index contributed by atoms with van der Waals surface area (Å²) in [6.07, 6.45) is 3.28. The minimum absolute atomic E-state index is 0.0156. The monoisotopic (exact) mass is 310 g/mol. The zero-order chi connectivity index (χ0) is 13.1. The maximum Gasteiger partial charge on any atom is 0.200 e. The number of carbonyl (C=O) groups is 2. The summed E-state index contributed by atoms with van der Waals surface area (Å²) in [7, 11) is 0. The number of aldehydes is 1. The van der Waals surface area contributed by atoms with E-state index in [1.807, 2.05) is 0 Å². The SMILES string of the molecule is O=Cc1cc(Br)cn1CC(=O)c1ccc(F)cn1. The molecule has 0 saturated carbocycles. The molecule has 0 aromatic carbocycles. The first-order chi connectivity index (χ1) is 8.60. The lowest BCUT2D eigenvalue weighted by atomic mass is 10.2. The molecule has 92 valence electrons. The van der Waals surface area contributed by atoms with Crippen LogP contribution in [0.5, 0.6) is 0 Å². The number of pyridine rings is 1. The number of Topliss-reactive ketones (excluding diaryl/α,β-unsaturated/α-hetero) is 1. The molecular weight excluding hydrogens is 303 g/mol. The summed E-state index contributed by atoms with van der Waals surface area (Å²) < 4.78 is 14.9. The molecule has 0 N–H and O–H groups in total. The van der Waals surface area contributed by atoms with E-state index in [1.54, 1.807) is 12.3 Å². The van der Waals surface area contributed by atoms with Gasteiger partial charge in [0.25, 0.3) is 0 Å². The fourth-order valence-corrected chi connectivity index (χ4v) is 1.98. The summed E-state index contributed by atoms with van der Waals surface area (Å²) in [5.41, 5.74) is 0.551. The molecule has 0 saturated heterocycles. The summed E-state index contributed by atoms with van der Waals surface area (Å²) in [5.74, 6) is -0.787. The topological polar surface area (TPSA) is 52.0 Å². The van der Waals surface area contributed by atoms with E-state index in [-0.39, 0.29) is 18.0 Å². The predicted octanol–water partition coefficient (Wildman–Crippen LogP) is 2.48. The second-order valence-electron chi connectivity index (χ2n) is 3.61. The number of rotatable bonds is 4. The van der Waals surface area contributed by atoms with Gasteiger partial charge in [0.1, 0.15) is 11.5 Å². The van der Waals surface area contributed by atoms with Crippen molar-refractivity contribution in [2.75, 3.05) is 0 Å². The van der Waals surface area contributed by atoms with E-state index in [2.05, 4.69) is 20.9 Å². The van der Waals surface area contributed by atoms with Crippen LogP contribution in [0.25, 0.3) is 0 Å². The third-order valence-electron chi connectivity index (χ3n) is 2.34. The van der Waals surface area contributed by atoms with Crippen molar-refractivity contribution >= 4 is 28.0 Å². The highest BCUT2D eigenvalue weighted by Gasteiger charge is 2.11. The van der Waals surface area contributed by atoms with Crippen LogP contribution in [0.15, 0.2) is 35.1 Å². The summed E-state index contributed by atoms with van der Waals surface area (Å²) in [4.78, 5) is 26.3. The number of aromatic nitrogens is 2. The standard InChI is InChI=1S/C12H8BrFN2O2/c13-8-3-10(7-17)16(5-8)6-12(18)11-2-1-9(14)4-15-11/h1-5,7H,6H2. The fourth-order valence-electron chi connectivity index (χ4n) is 1.50. The molecule has 0 aliphatic heterocycles. The van der Waals surface area contributed by atoms with Gasteiger partial charge in [-0.15, -0.1) is 0 Å². The molecule has 0 atom stereocenters. The minimum Gasteiger partial charge on any atom is -0.336 e. The van der Waals surface area contributed by atoms with Crippen molar-refractivity contribution in [1.82, 2.24) is 9.55 Å². The molecule has 0 unspecified atom stereocenters. The molecule has 2 heterocycles. The first kappa shape index (κ1) is 12.6. The molecule has 0 aliphatic carbocycles. The number of halogens is 2. The second kappa shape index (κ2) is 5.22. The highest BCUT2D eigenvalue weighted by Crippen LogP contribution is 2.14. The third-order valence-corrected chi connectivity index (χ3v) is 2.78. The van der Waals surface area contributed by atoms with Crippen molar-refractivity contribution in [1.29, 1.82) is 0 Å². The fraction of sp³-hybridized carbons (Fsp3) is 0.0833. The average Bonchev–Trinajstić information content (AvgIpc) is 2.70. The molecule has 2 aromatic rings. The molecule has 0 bridgehead atoms. The molecule has 2 aromatic heterocycles. The van der Waals surface area contributed by atoms with Crippen LogP contribution in [-0.2, 0) is 6.54 Å².